The summed E-state index contributed by atoms with van der Waals surface area (Å²) in [5.41, 5.74) is 5.05. The summed E-state index contributed by atoms with van der Waals surface area (Å²) in [7, 11) is 0. The van der Waals surface area contributed by atoms with Crippen molar-refractivity contribution in [1.29, 1.82) is 0 Å². The Balaban J connectivity index is 2.03. The van der Waals surface area contributed by atoms with Gasteiger partial charge in [0, 0.05) is 18.4 Å². The minimum atomic E-state index is -0.895. The summed E-state index contributed by atoms with van der Waals surface area (Å²) in [6.45, 7) is 8.42. The molecule has 20 heavy (non-hydrogen) atoms. The number of nitrogens with two attached hydrogens (primary N) is 1. The van der Waals surface area contributed by atoms with Crippen LogP contribution in [0.15, 0.2) is 22.8 Å². The molecule has 1 fully saturated rings. The average Bonchev–Trinajstić information content (AvgIpc) is 2.92. The van der Waals surface area contributed by atoms with E-state index in [9.17, 15) is 4.79 Å². The SMILES string of the molecule is CCOC1CC(N)(C(=O)NC(C)c2ccco2)C1(C)C. The van der Waals surface area contributed by atoms with Gasteiger partial charge in [-0.2, -0.15) is 0 Å². The van der Waals surface area contributed by atoms with Gasteiger partial charge in [-0.05, 0) is 26.0 Å². The zero-order chi connectivity index (χ0) is 15.0. The van der Waals surface area contributed by atoms with E-state index in [0.717, 1.165) is 5.76 Å². The number of ether oxygens (including phenoxy) is 1. The first kappa shape index (κ1) is 15.1. The van der Waals surface area contributed by atoms with Crippen LogP contribution in [0.1, 0.15) is 45.9 Å². The molecular formula is C15H24N2O3. The van der Waals surface area contributed by atoms with Gasteiger partial charge in [-0.15, -0.1) is 0 Å². The summed E-state index contributed by atoms with van der Waals surface area (Å²) in [6.07, 6.45) is 2.17. The highest BCUT2D eigenvalue weighted by Gasteiger charge is 2.62. The molecule has 5 nitrogen and oxygen atoms in total. The number of carbonyl (C=O) groups is 1. The third-order valence-electron chi connectivity index (χ3n) is 4.55. The molecule has 0 saturated heterocycles. The van der Waals surface area contributed by atoms with Gasteiger partial charge in [0.15, 0.2) is 0 Å². The third-order valence-corrected chi connectivity index (χ3v) is 4.55. The molecule has 0 spiro atoms. The van der Waals surface area contributed by atoms with Crippen LogP contribution in [0.3, 0.4) is 0 Å². The fraction of sp³-hybridized carbons (Fsp3) is 0.667. The molecular weight excluding hydrogens is 256 g/mol. The largest absolute Gasteiger partial charge is 0.467 e. The van der Waals surface area contributed by atoms with Gasteiger partial charge in [0.1, 0.15) is 11.3 Å². The van der Waals surface area contributed by atoms with Crippen LogP contribution >= 0.6 is 0 Å². The van der Waals surface area contributed by atoms with E-state index in [-0.39, 0.29) is 23.5 Å². The van der Waals surface area contributed by atoms with E-state index in [4.69, 9.17) is 14.9 Å². The second-order valence-corrected chi connectivity index (χ2v) is 6.05. The van der Waals surface area contributed by atoms with Crippen molar-refractivity contribution in [2.45, 2.75) is 51.8 Å². The van der Waals surface area contributed by atoms with Crippen molar-refractivity contribution >= 4 is 5.91 Å². The molecule has 0 radical (unpaired) electrons. The van der Waals surface area contributed by atoms with E-state index < -0.39 is 5.54 Å². The lowest BCUT2D eigenvalue weighted by Gasteiger charge is -2.57. The first-order valence-corrected chi connectivity index (χ1v) is 7.07. The predicted octanol–water partition coefficient (Wildman–Crippen LogP) is 1.99. The van der Waals surface area contributed by atoms with Gasteiger partial charge < -0.3 is 20.2 Å². The van der Waals surface area contributed by atoms with Crippen LogP contribution in [-0.2, 0) is 9.53 Å². The molecule has 2 rings (SSSR count). The summed E-state index contributed by atoms with van der Waals surface area (Å²) < 4.78 is 10.9. The van der Waals surface area contributed by atoms with Gasteiger partial charge >= 0.3 is 0 Å². The predicted molar refractivity (Wildman–Crippen MR) is 76.0 cm³/mol. The van der Waals surface area contributed by atoms with Gasteiger partial charge in [-0.1, -0.05) is 13.8 Å². The molecule has 0 aliphatic heterocycles. The highest BCUT2D eigenvalue weighted by molar-refractivity contribution is 5.89. The maximum atomic E-state index is 12.5. The molecule has 1 heterocycles. The Morgan fingerprint density at radius 1 is 1.65 bits per heavy atom. The summed E-state index contributed by atoms with van der Waals surface area (Å²) >= 11 is 0. The van der Waals surface area contributed by atoms with Gasteiger partial charge in [-0.25, -0.2) is 0 Å². The summed E-state index contributed by atoms with van der Waals surface area (Å²) in [5, 5.41) is 2.93. The molecule has 1 aromatic rings. The Kier molecular flexibility index (Phi) is 3.93. The number of carbonyl (C=O) groups excluding carboxylic acids is 1. The number of nitrogens with one attached hydrogen (secondary N) is 1. The minimum absolute atomic E-state index is 0.0298. The van der Waals surface area contributed by atoms with Crippen LogP contribution in [0.5, 0.6) is 0 Å². The second kappa shape index (κ2) is 5.22. The lowest BCUT2D eigenvalue weighted by molar-refractivity contribution is -0.171. The quantitative estimate of drug-likeness (QED) is 0.864. The normalized spacial score (nSPS) is 29.6. The van der Waals surface area contributed by atoms with Crippen molar-refractivity contribution < 1.29 is 13.9 Å². The smallest absolute Gasteiger partial charge is 0.241 e. The van der Waals surface area contributed by atoms with Crippen LogP contribution in [0.2, 0.25) is 0 Å². The van der Waals surface area contributed by atoms with E-state index >= 15 is 0 Å². The molecule has 3 unspecified atom stereocenters. The molecule has 3 atom stereocenters. The van der Waals surface area contributed by atoms with Crippen LogP contribution in [0.4, 0.5) is 0 Å². The van der Waals surface area contributed by atoms with E-state index in [1.165, 1.54) is 0 Å². The molecule has 1 aromatic heterocycles. The Hall–Kier alpha value is -1.33. The molecule has 0 bridgehead atoms. The van der Waals surface area contributed by atoms with E-state index in [1.807, 2.05) is 33.8 Å². The van der Waals surface area contributed by atoms with E-state index in [2.05, 4.69) is 5.32 Å². The minimum Gasteiger partial charge on any atom is -0.467 e. The summed E-state index contributed by atoms with van der Waals surface area (Å²) in [4.78, 5) is 12.5. The molecule has 0 aromatic carbocycles. The maximum absolute atomic E-state index is 12.5. The number of hydrogen-bond donors (Lipinski definition) is 2. The average molecular weight is 280 g/mol. The van der Waals surface area contributed by atoms with Crippen molar-refractivity contribution in [2.24, 2.45) is 11.1 Å². The van der Waals surface area contributed by atoms with E-state index in [1.54, 1.807) is 12.3 Å². The standard InChI is InChI=1S/C15H24N2O3/c1-5-19-12-9-15(16,14(12,3)4)13(18)17-10(2)11-7-6-8-20-11/h6-8,10,12H,5,9,16H2,1-4H3,(H,17,18). The molecule has 3 N–H and O–H groups in total. The van der Waals surface area contributed by atoms with Crippen molar-refractivity contribution in [1.82, 2.24) is 5.32 Å². The fourth-order valence-corrected chi connectivity index (χ4v) is 2.75. The lowest BCUT2D eigenvalue weighted by atomic mass is 9.54. The number of hydrogen-bond acceptors (Lipinski definition) is 4. The molecule has 1 saturated carbocycles. The van der Waals surface area contributed by atoms with Gasteiger partial charge in [0.2, 0.25) is 5.91 Å². The zero-order valence-electron chi connectivity index (χ0n) is 12.6. The van der Waals surface area contributed by atoms with Crippen molar-refractivity contribution in [3.63, 3.8) is 0 Å². The first-order chi connectivity index (χ1) is 9.33. The Morgan fingerprint density at radius 3 is 2.85 bits per heavy atom. The second-order valence-electron chi connectivity index (χ2n) is 6.05. The van der Waals surface area contributed by atoms with Crippen LogP contribution in [0, 0.1) is 5.41 Å². The fourth-order valence-electron chi connectivity index (χ4n) is 2.75. The van der Waals surface area contributed by atoms with Crippen molar-refractivity contribution in [3.05, 3.63) is 24.2 Å². The van der Waals surface area contributed by atoms with Crippen molar-refractivity contribution in [3.8, 4) is 0 Å². The third kappa shape index (κ3) is 2.25. The molecule has 1 aliphatic carbocycles. The van der Waals surface area contributed by atoms with Crippen LogP contribution in [0.25, 0.3) is 0 Å². The Morgan fingerprint density at radius 2 is 2.35 bits per heavy atom. The molecule has 1 amide bonds. The number of rotatable bonds is 5. The van der Waals surface area contributed by atoms with Crippen molar-refractivity contribution in [2.75, 3.05) is 6.61 Å². The Labute approximate surface area is 119 Å². The molecule has 1 aliphatic rings. The lowest BCUT2D eigenvalue weighted by Crippen LogP contribution is -2.75. The molecule has 112 valence electrons. The molecule has 5 heteroatoms. The highest BCUT2D eigenvalue weighted by atomic mass is 16.5. The highest BCUT2D eigenvalue weighted by Crippen LogP contribution is 2.50. The first-order valence-electron chi connectivity index (χ1n) is 7.07. The van der Waals surface area contributed by atoms with Crippen LogP contribution in [-0.4, -0.2) is 24.2 Å². The summed E-state index contributed by atoms with van der Waals surface area (Å²) in [5.74, 6) is 0.572. The Bertz CT molecular complexity index is 469. The van der Waals surface area contributed by atoms with Gasteiger partial charge in [-0.3, -0.25) is 4.79 Å². The number of furan rings is 1. The van der Waals surface area contributed by atoms with E-state index in [0.29, 0.717) is 13.0 Å². The monoisotopic (exact) mass is 280 g/mol. The van der Waals surface area contributed by atoms with Gasteiger partial charge in [0.25, 0.3) is 0 Å². The zero-order valence-corrected chi connectivity index (χ0v) is 12.6. The summed E-state index contributed by atoms with van der Waals surface area (Å²) in [6, 6.07) is 3.44. The maximum Gasteiger partial charge on any atom is 0.241 e. The topological polar surface area (TPSA) is 77.5 Å². The van der Waals surface area contributed by atoms with Crippen LogP contribution < -0.4 is 11.1 Å². The number of amides is 1. The van der Waals surface area contributed by atoms with Gasteiger partial charge in [0.05, 0.1) is 18.4 Å².